The van der Waals surface area contributed by atoms with Crippen LogP contribution < -0.4 is 0 Å². The molecule has 0 bridgehead atoms. The Kier molecular flexibility index (Phi) is 2.04. The highest BCUT2D eigenvalue weighted by molar-refractivity contribution is 5.66. The van der Waals surface area contributed by atoms with Gasteiger partial charge in [-0.3, -0.25) is 0 Å². The highest BCUT2D eigenvalue weighted by Gasteiger charge is 2.47. The van der Waals surface area contributed by atoms with Gasteiger partial charge in [0.1, 0.15) is 0 Å². The van der Waals surface area contributed by atoms with Gasteiger partial charge in [0.2, 0.25) is 0 Å². The molecule has 1 fully saturated rings. The van der Waals surface area contributed by atoms with Crippen LogP contribution in [0.4, 0.5) is 4.79 Å². The number of hydrogen-bond acceptors (Lipinski definition) is 2. The summed E-state index contributed by atoms with van der Waals surface area (Å²) in [6, 6.07) is 0. The Labute approximate surface area is 65.4 Å². The summed E-state index contributed by atoms with van der Waals surface area (Å²) >= 11 is 0. The predicted octanol–water partition coefficient (Wildman–Crippen LogP) is 0.511. The molecule has 1 amide bonds. The smallest absolute Gasteiger partial charge is 0.407 e. The van der Waals surface area contributed by atoms with E-state index in [1.165, 1.54) is 4.90 Å². The second-order valence-electron chi connectivity index (χ2n) is 3.04. The van der Waals surface area contributed by atoms with Gasteiger partial charge >= 0.3 is 6.09 Å². The first kappa shape index (κ1) is 8.33. The van der Waals surface area contributed by atoms with Crippen LogP contribution in [0.2, 0.25) is 0 Å². The molecule has 0 aromatic rings. The molecule has 4 nitrogen and oxygen atoms in total. The highest BCUT2D eigenvalue weighted by atomic mass is 16.4. The van der Waals surface area contributed by atoms with Crippen molar-refractivity contribution in [2.45, 2.75) is 24.8 Å². The lowest BCUT2D eigenvalue weighted by Gasteiger charge is -2.24. The molecule has 1 aliphatic rings. The molecular formula is C7H13NO3. The van der Waals surface area contributed by atoms with E-state index in [2.05, 4.69) is 0 Å². The third-order valence-electron chi connectivity index (χ3n) is 2.40. The van der Waals surface area contributed by atoms with E-state index in [0.717, 1.165) is 12.8 Å². The van der Waals surface area contributed by atoms with Gasteiger partial charge in [-0.15, -0.1) is 0 Å². The molecule has 2 N–H and O–H groups in total. The maximum absolute atomic E-state index is 10.5. The van der Waals surface area contributed by atoms with Crippen LogP contribution in [0.1, 0.15) is 19.3 Å². The van der Waals surface area contributed by atoms with E-state index in [1.54, 1.807) is 7.05 Å². The number of nitrogens with zero attached hydrogens (tertiary/aromatic N) is 1. The van der Waals surface area contributed by atoms with Crippen LogP contribution in [0.3, 0.4) is 0 Å². The number of hydrogen-bond donors (Lipinski definition) is 2. The molecule has 0 unspecified atom stereocenters. The summed E-state index contributed by atoms with van der Waals surface area (Å²) in [6.45, 7) is 0.0671. The van der Waals surface area contributed by atoms with Crippen molar-refractivity contribution in [1.29, 1.82) is 0 Å². The van der Waals surface area contributed by atoms with Crippen LogP contribution in [-0.2, 0) is 0 Å². The molecule has 64 valence electrons. The van der Waals surface area contributed by atoms with Crippen molar-refractivity contribution in [3.05, 3.63) is 0 Å². The minimum atomic E-state index is -0.907. The lowest BCUT2D eigenvalue weighted by molar-refractivity contribution is 0.120. The first-order chi connectivity index (χ1) is 5.12. The minimum Gasteiger partial charge on any atom is -0.465 e. The van der Waals surface area contributed by atoms with E-state index in [1.807, 2.05) is 0 Å². The SMILES string of the molecule is CN(C(=O)O)C1(CCO)CC1. The Bertz CT molecular complexity index is 165. The fourth-order valence-electron chi connectivity index (χ4n) is 1.31. The quantitative estimate of drug-likeness (QED) is 0.630. The molecule has 0 spiro atoms. The molecular weight excluding hydrogens is 146 g/mol. The number of rotatable bonds is 3. The Morgan fingerprint density at radius 2 is 2.18 bits per heavy atom. The fourth-order valence-corrected chi connectivity index (χ4v) is 1.31. The lowest BCUT2D eigenvalue weighted by Crippen LogP contribution is -2.38. The maximum Gasteiger partial charge on any atom is 0.407 e. The molecule has 0 aromatic heterocycles. The number of aliphatic hydroxyl groups is 1. The van der Waals surface area contributed by atoms with Crippen LogP contribution in [0.25, 0.3) is 0 Å². The topological polar surface area (TPSA) is 60.8 Å². The first-order valence-corrected chi connectivity index (χ1v) is 3.70. The van der Waals surface area contributed by atoms with Gasteiger partial charge in [0.25, 0.3) is 0 Å². The second-order valence-corrected chi connectivity index (χ2v) is 3.04. The summed E-state index contributed by atoms with van der Waals surface area (Å²) in [6.07, 6.45) is 1.43. The average Bonchev–Trinajstić information content (AvgIpc) is 2.69. The standard InChI is InChI=1S/C7H13NO3/c1-8(6(10)11)7(2-3-7)4-5-9/h9H,2-5H2,1H3,(H,10,11). The summed E-state index contributed by atoms with van der Waals surface area (Å²) < 4.78 is 0. The van der Waals surface area contributed by atoms with E-state index in [9.17, 15) is 4.79 Å². The lowest BCUT2D eigenvalue weighted by atomic mass is 10.2. The van der Waals surface area contributed by atoms with Crippen LogP contribution in [-0.4, -0.2) is 40.4 Å². The van der Waals surface area contributed by atoms with E-state index < -0.39 is 6.09 Å². The van der Waals surface area contributed by atoms with Crippen molar-refractivity contribution >= 4 is 6.09 Å². The third kappa shape index (κ3) is 1.45. The Balaban J connectivity index is 2.50. The molecule has 1 saturated carbocycles. The van der Waals surface area contributed by atoms with Gasteiger partial charge < -0.3 is 15.1 Å². The van der Waals surface area contributed by atoms with Gasteiger partial charge in [0.15, 0.2) is 0 Å². The largest absolute Gasteiger partial charge is 0.465 e. The van der Waals surface area contributed by atoms with Gasteiger partial charge in [-0.2, -0.15) is 0 Å². The first-order valence-electron chi connectivity index (χ1n) is 3.70. The number of amides is 1. The molecule has 0 saturated heterocycles. The zero-order chi connectivity index (χ0) is 8.48. The summed E-state index contributed by atoms with van der Waals surface area (Å²) in [5.41, 5.74) is -0.236. The summed E-state index contributed by atoms with van der Waals surface area (Å²) in [7, 11) is 1.56. The molecule has 11 heavy (non-hydrogen) atoms. The number of carbonyl (C=O) groups is 1. The van der Waals surface area contributed by atoms with Gasteiger partial charge in [-0.05, 0) is 19.3 Å². The summed E-state index contributed by atoms with van der Waals surface area (Å²) in [4.78, 5) is 11.8. The van der Waals surface area contributed by atoms with Gasteiger partial charge in [0.05, 0.1) is 0 Å². The molecule has 1 rings (SSSR count). The molecule has 0 radical (unpaired) electrons. The zero-order valence-corrected chi connectivity index (χ0v) is 6.58. The number of carboxylic acid groups (broad SMARTS) is 1. The third-order valence-corrected chi connectivity index (χ3v) is 2.40. The Hall–Kier alpha value is -0.770. The van der Waals surface area contributed by atoms with Crippen LogP contribution in [0.15, 0.2) is 0 Å². The molecule has 1 aliphatic carbocycles. The molecule has 0 atom stereocenters. The molecule has 0 aliphatic heterocycles. The van der Waals surface area contributed by atoms with E-state index in [-0.39, 0.29) is 12.1 Å². The monoisotopic (exact) mass is 159 g/mol. The van der Waals surface area contributed by atoms with Crippen molar-refractivity contribution in [2.75, 3.05) is 13.7 Å². The van der Waals surface area contributed by atoms with E-state index in [4.69, 9.17) is 10.2 Å². The molecule has 0 heterocycles. The average molecular weight is 159 g/mol. The van der Waals surface area contributed by atoms with Crippen molar-refractivity contribution in [3.63, 3.8) is 0 Å². The normalized spacial score (nSPS) is 19.5. The van der Waals surface area contributed by atoms with Crippen LogP contribution in [0.5, 0.6) is 0 Å². The Morgan fingerprint density at radius 1 is 1.64 bits per heavy atom. The van der Waals surface area contributed by atoms with Crippen molar-refractivity contribution in [3.8, 4) is 0 Å². The Morgan fingerprint density at radius 3 is 2.45 bits per heavy atom. The van der Waals surface area contributed by atoms with Gasteiger partial charge in [-0.25, -0.2) is 4.79 Å². The van der Waals surface area contributed by atoms with Crippen molar-refractivity contribution < 1.29 is 15.0 Å². The van der Waals surface area contributed by atoms with E-state index in [0.29, 0.717) is 6.42 Å². The summed E-state index contributed by atoms with van der Waals surface area (Å²) in [5, 5.41) is 17.3. The second kappa shape index (κ2) is 2.70. The molecule has 0 aromatic carbocycles. The van der Waals surface area contributed by atoms with Crippen LogP contribution >= 0.6 is 0 Å². The van der Waals surface area contributed by atoms with Gasteiger partial charge in [0, 0.05) is 19.2 Å². The number of aliphatic hydroxyl groups excluding tert-OH is 1. The minimum absolute atomic E-state index is 0.0671. The fraction of sp³-hybridized carbons (Fsp3) is 0.857. The highest BCUT2D eigenvalue weighted by Crippen LogP contribution is 2.43. The maximum atomic E-state index is 10.5. The molecule has 4 heteroatoms. The summed E-state index contributed by atoms with van der Waals surface area (Å²) in [5.74, 6) is 0. The van der Waals surface area contributed by atoms with Crippen LogP contribution in [0, 0.1) is 0 Å². The van der Waals surface area contributed by atoms with Gasteiger partial charge in [-0.1, -0.05) is 0 Å². The zero-order valence-electron chi connectivity index (χ0n) is 6.58. The van der Waals surface area contributed by atoms with E-state index >= 15 is 0 Å². The predicted molar refractivity (Wildman–Crippen MR) is 39.5 cm³/mol. The van der Waals surface area contributed by atoms with Crippen molar-refractivity contribution in [2.24, 2.45) is 0 Å². The van der Waals surface area contributed by atoms with Crippen molar-refractivity contribution in [1.82, 2.24) is 4.90 Å².